The molecule has 0 amide bonds. The molecule has 120 valence electrons. The van der Waals surface area contributed by atoms with Crippen LogP contribution in [-0.4, -0.2) is 23.4 Å². The van der Waals surface area contributed by atoms with Crippen LogP contribution in [0.3, 0.4) is 0 Å². The van der Waals surface area contributed by atoms with Gasteiger partial charge in [-0.15, -0.1) is 5.10 Å². The van der Waals surface area contributed by atoms with Gasteiger partial charge in [-0.05, 0) is 29.8 Å². The van der Waals surface area contributed by atoms with E-state index >= 15 is 0 Å². The van der Waals surface area contributed by atoms with Crippen molar-refractivity contribution in [3.05, 3.63) is 53.6 Å². The van der Waals surface area contributed by atoms with Crippen molar-refractivity contribution in [3.8, 4) is 5.69 Å². The van der Waals surface area contributed by atoms with Crippen molar-refractivity contribution in [2.75, 3.05) is 0 Å². The molecule has 0 spiro atoms. The molecule has 0 fully saturated rings. The molecular weight excluding hydrogens is 328 g/mol. The SMILES string of the molecule is NS(=O)(=O)NCc1cc(F)c(-n2nnc3ccccc32)c(F)c1. The van der Waals surface area contributed by atoms with Gasteiger partial charge in [0.25, 0.3) is 10.2 Å². The summed E-state index contributed by atoms with van der Waals surface area (Å²) in [6.45, 7) is -0.328. The van der Waals surface area contributed by atoms with Gasteiger partial charge in [0.15, 0.2) is 11.6 Å². The molecule has 3 N–H and O–H groups in total. The molecule has 0 saturated heterocycles. The molecule has 23 heavy (non-hydrogen) atoms. The summed E-state index contributed by atoms with van der Waals surface area (Å²) >= 11 is 0. The van der Waals surface area contributed by atoms with E-state index in [9.17, 15) is 17.2 Å². The first-order valence-electron chi connectivity index (χ1n) is 6.41. The van der Waals surface area contributed by atoms with Gasteiger partial charge in [0, 0.05) is 6.54 Å². The molecule has 10 heteroatoms. The van der Waals surface area contributed by atoms with Crippen molar-refractivity contribution in [3.63, 3.8) is 0 Å². The summed E-state index contributed by atoms with van der Waals surface area (Å²) in [6.07, 6.45) is 0. The van der Waals surface area contributed by atoms with Gasteiger partial charge in [0.1, 0.15) is 11.2 Å². The molecule has 3 rings (SSSR count). The van der Waals surface area contributed by atoms with Crippen molar-refractivity contribution in [2.24, 2.45) is 5.14 Å². The second-order valence-corrected chi connectivity index (χ2v) is 6.14. The molecule has 0 unspecified atom stereocenters. The molecule has 0 atom stereocenters. The first kappa shape index (κ1) is 15.5. The molecule has 3 aromatic rings. The Morgan fingerprint density at radius 2 is 1.83 bits per heavy atom. The summed E-state index contributed by atoms with van der Waals surface area (Å²) in [5.74, 6) is -1.79. The number of rotatable bonds is 4. The van der Waals surface area contributed by atoms with E-state index in [1.165, 1.54) is 0 Å². The van der Waals surface area contributed by atoms with Crippen LogP contribution in [0.5, 0.6) is 0 Å². The topological polar surface area (TPSA) is 103 Å². The van der Waals surface area contributed by atoms with E-state index in [0.717, 1.165) is 16.8 Å². The van der Waals surface area contributed by atoms with Gasteiger partial charge in [-0.3, -0.25) is 0 Å². The normalized spacial score (nSPS) is 12.0. The highest BCUT2D eigenvalue weighted by Gasteiger charge is 2.17. The number of fused-ring (bicyclic) bond motifs is 1. The van der Waals surface area contributed by atoms with Crippen molar-refractivity contribution < 1.29 is 17.2 Å². The predicted molar refractivity (Wildman–Crippen MR) is 78.7 cm³/mol. The quantitative estimate of drug-likeness (QED) is 0.740. The number of nitrogens with zero attached hydrogens (tertiary/aromatic N) is 3. The standard InChI is InChI=1S/C13H11F2N5O2S/c14-9-5-8(7-17-23(16,21)22)6-10(15)13(9)20-12-4-2-1-3-11(12)18-19-20/h1-6,17H,7H2,(H2,16,21,22). The van der Waals surface area contributed by atoms with Crippen molar-refractivity contribution in [1.29, 1.82) is 0 Å². The van der Waals surface area contributed by atoms with Gasteiger partial charge in [-0.2, -0.15) is 13.1 Å². The van der Waals surface area contributed by atoms with Gasteiger partial charge in [-0.1, -0.05) is 17.3 Å². The number of nitrogens with one attached hydrogen (secondary N) is 1. The summed E-state index contributed by atoms with van der Waals surface area (Å²) in [5, 5.41) is 12.4. The van der Waals surface area contributed by atoms with Crippen LogP contribution in [0, 0.1) is 11.6 Å². The molecule has 2 aromatic carbocycles. The number of para-hydroxylation sites is 1. The van der Waals surface area contributed by atoms with Crippen molar-refractivity contribution in [1.82, 2.24) is 19.7 Å². The Morgan fingerprint density at radius 3 is 2.48 bits per heavy atom. The second-order valence-electron chi connectivity index (χ2n) is 4.76. The molecule has 0 aliphatic carbocycles. The van der Waals surface area contributed by atoms with Crippen LogP contribution in [0.25, 0.3) is 16.7 Å². The number of hydrogen-bond acceptors (Lipinski definition) is 4. The maximum atomic E-state index is 14.3. The van der Waals surface area contributed by atoms with E-state index in [1.807, 2.05) is 4.72 Å². The molecule has 0 saturated carbocycles. The Kier molecular flexibility index (Phi) is 3.80. The van der Waals surface area contributed by atoms with Gasteiger partial charge < -0.3 is 0 Å². The van der Waals surface area contributed by atoms with Crippen molar-refractivity contribution in [2.45, 2.75) is 6.54 Å². The van der Waals surface area contributed by atoms with E-state index < -0.39 is 27.5 Å². The van der Waals surface area contributed by atoms with Crippen LogP contribution in [0.15, 0.2) is 36.4 Å². The molecule has 1 heterocycles. The van der Waals surface area contributed by atoms with Gasteiger partial charge >= 0.3 is 0 Å². The number of benzene rings is 2. The summed E-state index contributed by atoms with van der Waals surface area (Å²) in [5.41, 5.74) is 0.632. The highest BCUT2D eigenvalue weighted by atomic mass is 32.2. The van der Waals surface area contributed by atoms with Gasteiger partial charge in [0.05, 0.1) is 5.52 Å². The number of aromatic nitrogens is 3. The smallest absolute Gasteiger partial charge is 0.216 e. The molecule has 0 bridgehead atoms. The zero-order valence-electron chi connectivity index (χ0n) is 11.6. The molecule has 0 aliphatic rings. The lowest BCUT2D eigenvalue weighted by Gasteiger charge is -2.09. The minimum Gasteiger partial charge on any atom is -0.216 e. The zero-order chi connectivity index (χ0) is 16.6. The third kappa shape index (κ3) is 3.18. The Balaban J connectivity index is 2.04. The van der Waals surface area contributed by atoms with Crippen LogP contribution in [0.1, 0.15) is 5.56 Å². The average molecular weight is 339 g/mol. The number of nitrogens with two attached hydrogens (primary N) is 1. The second kappa shape index (κ2) is 5.65. The van der Waals surface area contributed by atoms with Crippen molar-refractivity contribution >= 4 is 21.2 Å². The zero-order valence-corrected chi connectivity index (χ0v) is 12.4. The minimum atomic E-state index is -3.95. The fourth-order valence-corrected chi connectivity index (χ4v) is 2.51. The van der Waals surface area contributed by atoms with Gasteiger partial charge in [-0.25, -0.2) is 18.6 Å². The highest BCUT2D eigenvalue weighted by Crippen LogP contribution is 2.23. The Morgan fingerprint density at radius 1 is 1.17 bits per heavy atom. The fraction of sp³-hybridized carbons (Fsp3) is 0.0769. The minimum absolute atomic E-state index is 0.0854. The maximum Gasteiger partial charge on any atom is 0.274 e. The largest absolute Gasteiger partial charge is 0.274 e. The lowest BCUT2D eigenvalue weighted by Crippen LogP contribution is -2.30. The van der Waals surface area contributed by atoms with Crippen LogP contribution < -0.4 is 9.86 Å². The lowest BCUT2D eigenvalue weighted by molar-refractivity contribution is 0.553. The summed E-state index contributed by atoms with van der Waals surface area (Å²) in [6, 6.07) is 8.74. The summed E-state index contributed by atoms with van der Waals surface area (Å²) in [7, 11) is -3.95. The molecule has 0 aliphatic heterocycles. The Labute approximate surface area is 129 Å². The average Bonchev–Trinajstić information content (AvgIpc) is 2.88. The fourth-order valence-electron chi connectivity index (χ4n) is 2.14. The van der Waals surface area contributed by atoms with Crippen LogP contribution in [0.2, 0.25) is 0 Å². The summed E-state index contributed by atoms with van der Waals surface area (Å²) in [4.78, 5) is 0. The molecule has 0 radical (unpaired) electrons. The monoisotopic (exact) mass is 339 g/mol. The number of hydrogen-bond donors (Lipinski definition) is 2. The molecular formula is C13H11F2N5O2S. The van der Waals surface area contributed by atoms with Crippen LogP contribution >= 0.6 is 0 Å². The third-order valence-electron chi connectivity index (χ3n) is 3.12. The van der Waals surface area contributed by atoms with E-state index in [2.05, 4.69) is 10.3 Å². The molecule has 7 nitrogen and oxygen atoms in total. The van der Waals surface area contributed by atoms with Gasteiger partial charge in [0.2, 0.25) is 0 Å². The lowest BCUT2D eigenvalue weighted by atomic mass is 10.2. The van der Waals surface area contributed by atoms with Crippen LogP contribution in [0.4, 0.5) is 8.78 Å². The Bertz CT molecular complexity index is 964. The number of halogens is 2. The summed E-state index contributed by atoms with van der Waals surface area (Å²) < 4.78 is 53.2. The maximum absolute atomic E-state index is 14.3. The van der Waals surface area contributed by atoms with E-state index in [0.29, 0.717) is 11.0 Å². The first-order valence-corrected chi connectivity index (χ1v) is 7.96. The predicted octanol–water partition coefficient (Wildman–Crippen LogP) is 0.992. The van der Waals surface area contributed by atoms with E-state index in [1.54, 1.807) is 24.3 Å². The highest BCUT2D eigenvalue weighted by molar-refractivity contribution is 7.87. The molecule has 1 aromatic heterocycles. The first-order chi connectivity index (χ1) is 10.8. The van der Waals surface area contributed by atoms with E-state index in [-0.39, 0.29) is 12.1 Å². The third-order valence-corrected chi connectivity index (χ3v) is 3.66. The van der Waals surface area contributed by atoms with Crippen LogP contribution in [-0.2, 0) is 16.8 Å². The Hall–Kier alpha value is -2.43. The van der Waals surface area contributed by atoms with E-state index in [4.69, 9.17) is 5.14 Å².